The van der Waals surface area contributed by atoms with Crippen LogP contribution in [0.15, 0.2) is 42.6 Å². The molecule has 0 saturated carbocycles. The molecule has 1 aromatic heterocycles. The fourth-order valence-electron chi connectivity index (χ4n) is 1.77. The number of nitriles is 1. The topological polar surface area (TPSA) is 65.8 Å². The van der Waals surface area contributed by atoms with Gasteiger partial charge in [0.05, 0.1) is 11.6 Å². The lowest BCUT2D eigenvalue weighted by Gasteiger charge is -2.08. The van der Waals surface area contributed by atoms with E-state index in [2.05, 4.69) is 24.1 Å². The average molecular weight is 265 g/mol. The van der Waals surface area contributed by atoms with Gasteiger partial charge in [-0.3, -0.25) is 9.78 Å². The Morgan fingerprint density at radius 2 is 1.95 bits per heavy atom. The van der Waals surface area contributed by atoms with Crippen molar-refractivity contribution >= 4 is 11.6 Å². The van der Waals surface area contributed by atoms with E-state index in [1.807, 2.05) is 30.3 Å². The third-order valence-corrected chi connectivity index (χ3v) is 2.96. The van der Waals surface area contributed by atoms with E-state index >= 15 is 0 Å². The molecular formula is C16H15N3O. The minimum atomic E-state index is -0.320. The highest BCUT2D eigenvalue weighted by molar-refractivity contribution is 6.03. The molecule has 0 radical (unpaired) electrons. The molecule has 4 nitrogen and oxygen atoms in total. The fourth-order valence-corrected chi connectivity index (χ4v) is 1.77. The lowest BCUT2D eigenvalue weighted by atomic mass is 10.0. The van der Waals surface area contributed by atoms with Crippen molar-refractivity contribution in [2.45, 2.75) is 19.8 Å². The lowest BCUT2D eigenvalue weighted by molar-refractivity contribution is 0.102. The Morgan fingerprint density at radius 1 is 1.25 bits per heavy atom. The molecule has 0 aliphatic carbocycles. The molecule has 4 heteroatoms. The average Bonchev–Trinajstić information content (AvgIpc) is 2.47. The molecule has 20 heavy (non-hydrogen) atoms. The molecule has 2 rings (SSSR count). The number of hydrogen-bond acceptors (Lipinski definition) is 3. The van der Waals surface area contributed by atoms with Gasteiger partial charge in [-0.25, -0.2) is 0 Å². The number of benzene rings is 1. The van der Waals surface area contributed by atoms with Crippen LogP contribution < -0.4 is 5.32 Å². The lowest BCUT2D eigenvalue weighted by Crippen LogP contribution is -2.13. The van der Waals surface area contributed by atoms with Crippen LogP contribution in [0.4, 0.5) is 5.69 Å². The molecule has 0 fully saturated rings. The Balaban J connectivity index is 2.13. The van der Waals surface area contributed by atoms with Gasteiger partial charge < -0.3 is 5.32 Å². The molecule has 1 N–H and O–H groups in total. The summed E-state index contributed by atoms with van der Waals surface area (Å²) in [7, 11) is 0. The minimum Gasteiger partial charge on any atom is -0.321 e. The normalized spacial score (nSPS) is 10.1. The Morgan fingerprint density at radius 3 is 2.55 bits per heavy atom. The molecule has 1 aromatic carbocycles. The largest absolute Gasteiger partial charge is 0.321 e. The highest BCUT2D eigenvalue weighted by Gasteiger charge is 2.08. The van der Waals surface area contributed by atoms with E-state index in [1.165, 1.54) is 17.8 Å². The van der Waals surface area contributed by atoms with Crippen LogP contribution >= 0.6 is 0 Å². The zero-order valence-corrected chi connectivity index (χ0v) is 11.4. The maximum Gasteiger partial charge on any atom is 0.274 e. The summed E-state index contributed by atoms with van der Waals surface area (Å²) in [6.45, 7) is 4.23. The molecule has 0 bridgehead atoms. The summed E-state index contributed by atoms with van der Waals surface area (Å²) in [5, 5.41) is 11.6. The Bertz CT molecular complexity index is 654. The number of rotatable bonds is 3. The van der Waals surface area contributed by atoms with Gasteiger partial charge in [0.1, 0.15) is 5.69 Å². The van der Waals surface area contributed by atoms with Gasteiger partial charge in [-0.2, -0.15) is 5.26 Å². The van der Waals surface area contributed by atoms with Crippen molar-refractivity contribution in [1.82, 2.24) is 4.98 Å². The third-order valence-electron chi connectivity index (χ3n) is 2.96. The van der Waals surface area contributed by atoms with Gasteiger partial charge in [0, 0.05) is 11.9 Å². The van der Waals surface area contributed by atoms with Gasteiger partial charge in [0.25, 0.3) is 5.91 Å². The summed E-state index contributed by atoms with van der Waals surface area (Å²) in [4.78, 5) is 16.0. The van der Waals surface area contributed by atoms with Crippen molar-refractivity contribution in [2.24, 2.45) is 0 Å². The van der Waals surface area contributed by atoms with Crippen LogP contribution in [0.2, 0.25) is 0 Å². The molecule has 0 aliphatic rings. The van der Waals surface area contributed by atoms with E-state index in [0.29, 0.717) is 17.2 Å². The molecule has 0 saturated heterocycles. The van der Waals surface area contributed by atoms with E-state index in [-0.39, 0.29) is 11.6 Å². The summed E-state index contributed by atoms with van der Waals surface area (Å²) in [5.74, 6) is 0.133. The molecule has 0 spiro atoms. The maximum absolute atomic E-state index is 12.0. The van der Waals surface area contributed by atoms with Crippen molar-refractivity contribution in [2.75, 3.05) is 5.32 Å². The van der Waals surface area contributed by atoms with Crippen molar-refractivity contribution < 1.29 is 4.79 Å². The van der Waals surface area contributed by atoms with Crippen molar-refractivity contribution in [1.29, 1.82) is 5.26 Å². The van der Waals surface area contributed by atoms with Crippen LogP contribution in [-0.2, 0) is 0 Å². The molecule has 2 aromatic rings. The summed E-state index contributed by atoms with van der Waals surface area (Å²) in [5.41, 5.74) is 2.58. The second kappa shape index (κ2) is 5.98. The van der Waals surface area contributed by atoms with E-state index in [9.17, 15) is 4.79 Å². The first kappa shape index (κ1) is 13.8. The SMILES string of the molecule is CC(C)c1ccc(NC(=O)c2cc(C#N)ccn2)cc1. The highest BCUT2D eigenvalue weighted by atomic mass is 16.1. The number of carbonyl (C=O) groups is 1. The number of hydrogen-bond donors (Lipinski definition) is 1. The maximum atomic E-state index is 12.0. The quantitative estimate of drug-likeness (QED) is 0.925. The van der Waals surface area contributed by atoms with Gasteiger partial charge in [-0.05, 0) is 35.7 Å². The predicted octanol–water partition coefficient (Wildman–Crippen LogP) is 3.33. The monoisotopic (exact) mass is 265 g/mol. The van der Waals surface area contributed by atoms with Gasteiger partial charge in [0.2, 0.25) is 0 Å². The zero-order valence-electron chi connectivity index (χ0n) is 11.4. The van der Waals surface area contributed by atoms with E-state index in [1.54, 1.807) is 6.07 Å². The number of carbonyl (C=O) groups excluding carboxylic acids is 1. The van der Waals surface area contributed by atoms with Crippen molar-refractivity contribution in [3.63, 3.8) is 0 Å². The molecule has 1 amide bonds. The summed E-state index contributed by atoms with van der Waals surface area (Å²) in [6, 6.07) is 12.7. The molecule has 100 valence electrons. The molecular weight excluding hydrogens is 250 g/mol. The van der Waals surface area contributed by atoms with Crippen LogP contribution in [0.5, 0.6) is 0 Å². The van der Waals surface area contributed by atoms with Gasteiger partial charge in [-0.1, -0.05) is 26.0 Å². The zero-order chi connectivity index (χ0) is 14.5. The second-order valence-electron chi connectivity index (χ2n) is 4.77. The van der Waals surface area contributed by atoms with Crippen molar-refractivity contribution in [3.8, 4) is 6.07 Å². The van der Waals surface area contributed by atoms with E-state index < -0.39 is 0 Å². The first-order valence-electron chi connectivity index (χ1n) is 6.37. The van der Waals surface area contributed by atoms with Crippen LogP contribution in [0, 0.1) is 11.3 Å². The summed E-state index contributed by atoms with van der Waals surface area (Å²) < 4.78 is 0. The first-order valence-corrected chi connectivity index (χ1v) is 6.37. The molecule has 1 heterocycles. The Kier molecular flexibility index (Phi) is 4.11. The second-order valence-corrected chi connectivity index (χ2v) is 4.77. The van der Waals surface area contributed by atoms with Crippen LogP contribution in [-0.4, -0.2) is 10.9 Å². The molecule has 0 atom stereocenters. The minimum absolute atomic E-state index is 0.233. The summed E-state index contributed by atoms with van der Waals surface area (Å²) in [6.07, 6.45) is 1.45. The Labute approximate surface area is 118 Å². The first-order chi connectivity index (χ1) is 9.60. The number of anilines is 1. The summed E-state index contributed by atoms with van der Waals surface area (Å²) >= 11 is 0. The van der Waals surface area contributed by atoms with Crippen LogP contribution in [0.25, 0.3) is 0 Å². The number of nitrogens with one attached hydrogen (secondary N) is 1. The molecule has 0 unspecified atom stereocenters. The number of amides is 1. The van der Waals surface area contributed by atoms with E-state index in [0.717, 1.165) is 0 Å². The number of pyridine rings is 1. The van der Waals surface area contributed by atoms with Gasteiger partial charge in [0.15, 0.2) is 0 Å². The fraction of sp³-hybridized carbons (Fsp3) is 0.188. The van der Waals surface area contributed by atoms with Crippen molar-refractivity contribution in [3.05, 3.63) is 59.4 Å². The molecule has 0 aliphatic heterocycles. The van der Waals surface area contributed by atoms with Gasteiger partial charge >= 0.3 is 0 Å². The van der Waals surface area contributed by atoms with Gasteiger partial charge in [-0.15, -0.1) is 0 Å². The highest BCUT2D eigenvalue weighted by Crippen LogP contribution is 2.17. The number of aromatic nitrogens is 1. The van der Waals surface area contributed by atoms with E-state index in [4.69, 9.17) is 5.26 Å². The number of nitrogens with zero attached hydrogens (tertiary/aromatic N) is 2. The predicted molar refractivity (Wildman–Crippen MR) is 77.4 cm³/mol. The standard InChI is InChI=1S/C16H15N3O/c1-11(2)13-3-5-14(6-4-13)19-16(20)15-9-12(10-17)7-8-18-15/h3-9,11H,1-2H3,(H,19,20). The third kappa shape index (κ3) is 3.21. The Hall–Kier alpha value is -2.67. The van der Waals surface area contributed by atoms with Crippen LogP contribution in [0.1, 0.15) is 41.4 Å². The smallest absolute Gasteiger partial charge is 0.274 e. The van der Waals surface area contributed by atoms with Crippen LogP contribution in [0.3, 0.4) is 0 Å².